The number of nitrogens with one attached hydrogen (secondary N) is 1. The molecule has 0 radical (unpaired) electrons. The van der Waals surface area contributed by atoms with Gasteiger partial charge in [-0.25, -0.2) is 4.79 Å². The van der Waals surface area contributed by atoms with Gasteiger partial charge in [0.1, 0.15) is 0 Å². The summed E-state index contributed by atoms with van der Waals surface area (Å²) in [6.45, 7) is 6.53. The maximum absolute atomic E-state index is 12.2. The third kappa shape index (κ3) is 3.01. The van der Waals surface area contributed by atoms with Crippen molar-refractivity contribution in [3.8, 4) is 0 Å². The summed E-state index contributed by atoms with van der Waals surface area (Å²) in [4.78, 5) is 16.0. The molecule has 98 valence electrons. The maximum Gasteiger partial charge on any atom is 0.324 e. The molecule has 1 aliphatic heterocycles. The molecule has 0 saturated carbocycles. The van der Waals surface area contributed by atoms with Crippen LogP contribution in [0.3, 0.4) is 0 Å². The predicted octanol–water partition coefficient (Wildman–Crippen LogP) is 1.93. The van der Waals surface area contributed by atoms with Crippen LogP contribution in [0.2, 0.25) is 0 Å². The van der Waals surface area contributed by atoms with E-state index in [4.69, 9.17) is 0 Å². The highest BCUT2D eigenvalue weighted by Gasteiger charge is 2.28. The monoisotopic (exact) mass is 247 g/mol. The van der Waals surface area contributed by atoms with Crippen molar-refractivity contribution in [1.82, 2.24) is 10.2 Å². The molecule has 1 fully saturated rings. The van der Waals surface area contributed by atoms with Crippen LogP contribution in [-0.4, -0.2) is 43.7 Å². The highest BCUT2D eigenvalue weighted by Crippen LogP contribution is 2.19. The minimum Gasteiger partial charge on any atom is -0.323 e. The first-order chi connectivity index (χ1) is 8.83. The van der Waals surface area contributed by atoms with Gasteiger partial charge in [-0.3, -0.25) is 4.90 Å². The van der Waals surface area contributed by atoms with E-state index in [1.807, 2.05) is 40.1 Å². The zero-order valence-electron chi connectivity index (χ0n) is 10.9. The highest BCUT2D eigenvalue weighted by atomic mass is 16.2. The van der Waals surface area contributed by atoms with Gasteiger partial charge in [-0.1, -0.05) is 25.1 Å². The molecule has 0 bridgehead atoms. The summed E-state index contributed by atoms with van der Waals surface area (Å²) in [7, 11) is 0. The lowest BCUT2D eigenvalue weighted by atomic mass is 10.3. The molecule has 1 aromatic carbocycles. The Labute approximate surface area is 109 Å². The molecule has 0 aliphatic carbocycles. The lowest BCUT2D eigenvalue weighted by molar-refractivity contribution is 0.220. The molecule has 0 aromatic heterocycles. The lowest BCUT2D eigenvalue weighted by Crippen LogP contribution is -2.33. The second kappa shape index (κ2) is 6.40. The van der Waals surface area contributed by atoms with Crippen LogP contribution in [0.15, 0.2) is 30.3 Å². The molecule has 1 N–H and O–H groups in total. The Morgan fingerprint density at radius 3 is 2.72 bits per heavy atom. The Bertz CT molecular complexity index is 380. The molecule has 1 saturated heterocycles. The zero-order valence-corrected chi connectivity index (χ0v) is 10.9. The number of benzene rings is 1. The fourth-order valence-electron chi connectivity index (χ4n) is 2.21. The average molecular weight is 247 g/mol. The summed E-state index contributed by atoms with van der Waals surface area (Å²) in [5.74, 6) is 0. The van der Waals surface area contributed by atoms with Crippen LogP contribution in [0.1, 0.15) is 13.3 Å². The van der Waals surface area contributed by atoms with E-state index in [1.165, 1.54) is 0 Å². The number of amides is 2. The third-order valence-electron chi connectivity index (χ3n) is 3.19. The van der Waals surface area contributed by atoms with Crippen molar-refractivity contribution in [1.29, 1.82) is 0 Å². The number of hydrogen-bond acceptors (Lipinski definition) is 2. The van der Waals surface area contributed by atoms with E-state index >= 15 is 0 Å². The average Bonchev–Trinajstić information content (AvgIpc) is 2.77. The first kappa shape index (κ1) is 12.9. The molecule has 18 heavy (non-hydrogen) atoms. The first-order valence-electron chi connectivity index (χ1n) is 6.65. The predicted molar refractivity (Wildman–Crippen MR) is 73.9 cm³/mol. The fraction of sp³-hybridized carbons (Fsp3) is 0.500. The van der Waals surface area contributed by atoms with Crippen molar-refractivity contribution in [3.05, 3.63) is 30.3 Å². The standard InChI is InChI=1S/C14H21N3O/c1-2-15-9-6-10-16-11-12-17(14(16)18)13-7-4-3-5-8-13/h3-5,7-8,15H,2,6,9-12H2,1H3. The van der Waals surface area contributed by atoms with E-state index in [2.05, 4.69) is 12.2 Å². The number of urea groups is 1. The Morgan fingerprint density at radius 1 is 1.22 bits per heavy atom. The van der Waals surface area contributed by atoms with E-state index in [1.54, 1.807) is 0 Å². The molecule has 1 aliphatic rings. The fourth-order valence-corrected chi connectivity index (χ4v) is 2.21. The summed E-state index contributed by atoms with van der Waals surface area (Å²) in [5, 5.41) is 3.28. The molecule has 0 spiro atoms. The van der Waals surface area contributed by atoms with Gasteiger partial charge in [0.05, 0.1) is 0 Å². The molecule has 1 aromatic rings. The van der Waals surface area contributed by atoms with Crippen LogP contribution in [-0.2, 0) is 0 Å². The van der Waals surface area contributed by atoms with E-state index in [-0.39, 0.29) is 6.03 Å². The van der Waals surface area contributed by atoms with Crippen LogP contribution in [0, 0.1) is 0 Å². The normalized spacial score (nSPS) is 15.5. The Kier molecular flexibility index (Phi) is 4.59. The number of anilines is 1. The molecule has 4 nitrogen and oxygen atoms in total. The molecular weight excluding hydrogens is 226 g/mol. The van der Waals surface area contributed by atoms with Crippen molar-refractivity contribution in [2.45, 2.75) is 13.3 Å². The Hall–Kier alpha value is -1.55. The summed E-state index contributed by atoms with van der Waals surface area (Å²) in [6.07, 6.45) is 1.02. The van der Waals surface area contributed by atoms with E-state index in [9.17, 15) is 4.79 Å². The third-order valence-corrected chi connectivity index (χ3v) is 3.19. The number of rotatable bonds is 6. The topological polar surface area (TPSA) is 35.6 Å². The van der Waals surface area contributed by atoms with Gasteiger partial charge in [-0.15, -0.1) is 0 Å². The number of para-hydroxylation sites is 1. The van der Waals surface area contributed by atoms with Gasteiger partial charge < -0.3 is 10.2 Å². The first-order valence-corrected chi connectivity index (χ1v) is 6.65. The van der Waals surface area contributed by atoms with Gasteiger partial charge in [-0.2, -0.15) is 0 Å². The van der Waals surface area contributed by atoms with E-state index < -0.39 is 0 Å². The number of hydrogen-bond donors (Lipinski definition) is 1. The largest absolute Gasteiger partial charge is 0.324 e. The zero-order chi connectivity index (χ0) is 12.8. The van der Waals surface area contributed by atoms with Gasteiger partial charge in [0.15, 0.2) is 0 Å². The van der Waals surface area contributed by atoms with Crippen molar-refractivity contribution >= 4 is 11.7 Å². The Balaban J connectivity index is 1.86. The smallest absolute Gasteiger partial charge is 0.323 e. The van der Waals surface area contributed by atoms with E-state index in [0.717, 1.165) is 44.8 Å². The molecule has 0 unspecified atom stereocenters. The van der Waals surface area contributed by atoms with Crippen LogP contribution >= 0.6 is 0 Å². The van der Waals surface area contributed by atoms with Crippen LogP contribution in [0.4, 0.5) is 10.5 Å². The molecule has 2 rings (SSSR count). The minimum absolute atomic E-state index is 0.137. The molecule has 2 amide bonds. The number of nitrogens with zero attached hydrogens (tertiary/aromatic N) is 2. The summed E-state index contributed by atoms with van der Waals surface area (Å²) < 4.78 is 0. The SMILES string of the molecule is CCNCCCN1CCN(c2ccccc2)C1=O. The molecule has 0 atom stereocenters. The van der Waals surface area contributed by atoms with Crippen molar-refractivity contribution in [3.63, 3.8) is 0 Å². The van der Waals surface area contributed by atoms with Crippen LogP contribution in [0.25, 0.3) is 0 Å². The lowest BCUT2D eigenvalue weighted by Gasteiger charge is -2.18. The van der Waals surface area contributed by atoms with Gasteiger partial charge in [0, 0.05) is 25.3 Å². The van der Waals surface area contributed by atoms with Crippen LogP contribution < -0.4 is 10.2 Å². The second-order valence-electron chi connectivity index (χ2n) is 4.46. The number of carbonyl (C=O) groups excluding carboxylic acids is 1. The van der Waals surface area contributed by atoms with Crippen LogP contribution in [0.5, 0.6) is 0 Å². The van der Waals surface area contributed by atoms with Gasteiger partial charge in [0.25, 0.3) is 0 Å². The summed E-state index contributed by atoms with van der Waals surface area (Å²) in [6, 6.07) is 10.0. The molecule has 4 heteroatoms. The second-order valence-corrected chi connectivity index (χ2v) is 4.46. The highest BCUT2D eigenvalue weighted by molar-refractivity contribution is 5.94. The summed E-state index contributed by atoms with van der Waals surface area (Å²) in [5.41, 5.74) is 0.997. The summed E-state index contributed by atoms with van der Waals surface area (Å²) >= 11 is 0. The van der Waals surface area contributed by atoms with Gasteiger partial charge in [-0.05, 0) is 31.6 Å². The van der Waals surface area contributed by atoms with Crippen molar-refractivity contribution in [2.24, 2.45) is 0 Å². The Morgan fingerprint density at radius 2 is 2.00 bits per heavy atom. The number of carbonyl (C=O) groups is 1. The molecular formula is C14H21N3O. The van der Waals surface area contributed by atoms with Crippen molar-refractivity contribution < 1.29 is 4.79 Å². The van der Waals surface area contributed by atoms with Gasteiger partial charge >= 0.3 is 6.03 Å². The maximum atomic E-state index is 12.2. The van der Waals surface area contributed by atoms with Crippen molar-refractivity contribution in [2.75, 3.05) is 37.6 Å². The minimum atomic E-state index is 0.137. The molecule has 1 heterocycles. The van der Waals surface area contributed by atoms with Gasteiger partial charge in [0.2, 0.25) is 0 Å². The quantitative estimate of drug-likeness (QED) is 0.780. The van der Waals surface area contributed by atoms with E-state index in [0.29, 0.717) is 0 Å².